The zero-order valence-corrected chi connectivity index (χ0v) is 20.7. The van der Waals surface area contributed by atoms with Crippen molar-refractivity contribution in [3.63, 3.8) is 0 Å². The standard InChI is InChI=1S/C23H26N8O4S/c1-11-9-30(10-12(2)35-11)21(33)17-6-5-16(36-17)18-27-19-13(7-15-20(32)29-23(34)26-15)8-24-31(19)22(28-18)25-14-3-4-14/h6-8,11-12,14,16,32H,3-5,9-10H2,1-2H3,(H2,26,29,34). The van der Waals surface area contributed by atoms with Crippen LogP contribution in [-0.4, -0.2) is 76.8 Å². The lowest BCUT2D eigenvalue weighted by atomic mass is 10.2. The lowest BCUT2D eigenvalue weighted by molar-refractivity contribution is -0.138. The first-order chi connectivity index (χ1) is 17.3. The van der Waals surface area contributed by atoms with Gasteiger partial charge in [0.25, 0.3) is 5.91 Å². The number of hydrogen-bond acceptors (Lipinski definition) is 9. The number of rotatable bonds is 4. The summed E-state index contributed by atoms with van der Waals surface area (Å²) in [6.07, 6.45) is 7.80. The zero-order valence-electron chi connectivity index (χ0n) is 19.8. The van der Waals surface area contributed by atoms with Gasteiger partial charge < -0.3 is 19.7 Å². The number of aromatic amines is 2. The van der Waals surface area contributed by atoms with Crippen molar-refractivity contribution < 1.29 is 14.6 Å². The Bertz CT molecular complexity index is 1540. The van der Waals surface area contributed by atoms with Crippen molar-refractivity contribution in [1.82, 2.24) is 34.4 Å². The smallest absolute Gasteiger partial charge is 0.326 e. The molecule has 3 aliphatic rings. The van der Waals surface area contributed by atoms with Crippen LogP contribution in [0, 0.1) is 0 Å². The van der Waals surface area contributed by atoms with Crippen LogP contribution in [0.4, 0.5) is 0 Å². The molecule has 36 heavy (non-hydrogen) atoms. The molecular formula is C23H26N8O4S. The highest BCUT2D eigenvalue weighted by molar-refractivity contribution is 8.04. The maximum absolute atomic E-state index is 13.2. The number of allylic oxidation sites excluding steroid dienone is 1. The Kier molecular flexibility index (Phi) is 5.67. The molecule has 188 valence electrons. The van der Waals surface area contributed by atoms with Gasteiger partial charge in [-0.1, -0.05) is 6.08 Å². The fourth-order valence-corrected chi connectivity index (χ4v) is 5.63. The molecule has 5 heterocycles. The van der Waals surface area contributed by atoms with Gasteiger partial charge in [0.15, 0.2) is 5.65 Å². The van der Waals surface area contributed by atoms with E-state index < -0.39 is 5.69 Å². The lowest BCUT2D eigenvalue weighted by Crippen LogP contribution is -2.48. The number of amides is 1. The number of carbonyl (C=O) groups is 1. The number of H-pyrrole nitrogens is 2. The highest BCUT2D eigenvalue weighted by Crippen LogP contribution is 2.43. The van der Waals surface area contributed by atoms with Crippen molar-refractivity contribution in [1.29, 1.82) is 0 Å². The summed E-state index contributed by atoms with van der Waals surface area (Å²) >= 11 is 1.47. The van der Waals surface area contributed by atoms with Gasteiger partial charge in [-0.25, -0.2) is 14.8 Å². The Morgan fingerprint density at radius 3 is 2.72 bits per heavy atom. The molecule has 3 aromatic rings. The molecule has 1 saturated carbocycles. The van der Waals surface area contributed by atoms with Crippen LogP contribution < -0.4 is 16.5 Å². The Hall–Kier alpha value is -3.45. The molecule has 2 fully saturated rings. The summed E-state index contributed by atoms with van der Waals surface area (Å²) in [5.41, 5.74) is 0.691. The fourth-order valence-electron chi connectivity index (χ4n) is 4.50. The number of aromatic hydroxyl groups is 1. The van der Waals surface area contributed by atoms with Gasteiger partial charge in [-0.3, -0.25) is 9.78 Å². The number of hydrogen-bond donors (Lipinski definition) is 3. The summed E-state index contributed by atoms with van der Waals surface area (Å²) in [5, 5.41) is 14.9. The number of morpholine rings is 1. The molecule has 6 rings (SSSR count). The number of nitrogens with zero attached hydrogens (tertiary/aromatic N) is 6. The summed E-state index contributed by atoms with van der Waals surface area (Å²) < 4.78 is 7.34. The molecule has 0 bridgehead atoms. The molecule has 1 aliphatic carbocycles. The summed E-state index contributed by atoms with van der Waals surface area (Å²) in [6.45, 7) is 5.10. The molecule has 13 heteroatoms. The minimum atomic E-state index is -0.510. The van der Waals surface area contributed by atoms with Gasteiger partial charge in [-0.05, 0) is 39.2 Å². The highest BCUT2D eigenvalue weighted by atomic mass is 32.2. The predicted molar refractivity (Wildman–Crippen MR) is 131 cm³/mol. The van der Waals surface area contributed by atoms with E-state index in [4.69, 9.17) is 19.7 Å². The van der Waals surface area contributed by atoms with Crippen LogP contribution in [0.5, 0.6) is 5.88 Å². The second-order valence-corrected chi connectivity index (χ2v) is 10.7. The number of fused-ring (bicyclic) bond motifs is 1. The average Bonchev–Trinajstić information content (AvgIpc) is 3.22. The first-order valence-electron chi connectivity index (χ1n) is 12.0. The summed E-state index contributed by atoms with van der Waals surface area (Å²) in [7, 11) is 0. The van der Waals surface area contributed by atoms with Crippen LogP contribution in [0.3, 0.4) is 0 Å². The fraction of sp³-hybridized carbons (Fsp3) is 0.478. The van der Waals surface area contributed by atoms with E-state index in [1.807, 2.05) is 24.8 Å². The minimum absolute atomic E-state index is 0.00349. The summed E-state index contributed by atoms with van der Waals surface area (Å²) in [5.74, 6) is 0.317. The Labute approximate surface area is 209 Å². The number of imidazole rings is 1. The largest absolute Gasteiger partial charge is 0.493 e. The normalized spacial score (nSPS) is 25.7. The van der Waals surface area contributed by atoms with Crippen molar-refractivity contribution in [2.24, 2.45) is 4.99 Å². The monoisotopic (exact) mass is 510 g/mol. The number of carbonyl (C=O) groups excluding carboxylic acids is 1. The highest BCUT2D eigenvalue weighted by Gasteiger charge is 2.33. The second kappa shape index (κ2) is 8.89. The molecule has 12 nitrogen and oxygen atoms in total. The van der Waals surface area contributed by atoms with E-state index in [0.29, 0.717) is 46.7 Å². The van der Waals surface area contributed by atoms with Gasteiger partial charge in [-0.15, -0.1) is 11.8 Å². The van der Waals surface area contributed by atoms with Gasteiger partial charge in [-0.2, -0.15) is 14.6 Å². The SMILES string of the molecule is CC1CN(C(=O)C2=CCC(c3nc(=NC4CC4)n4ncc(=Cc5[nH]c(=O)[nH]c5O)c4n3)S2)CC(C)O1. The summed E-state index contributed by atoms with van der Waals surface area (Å²) in [4.78, 5) is 46.4. The van der Waals surface area contributed by atoms with Crippen molar-refractivity contribution >= 4 is 29.4 Å². The molecule has 3 N–H and O–H groups in total. The van der Waals surface area contributed by atoms with Gasteiger partial charge in [0.05, 0.1) is 34.6 Å². The first kappa shape index (κ1) is 23.0. The molecular weight excluding hydrogens is 484 g/mol. The lowest BCUT2D eigenvalue weighted by Gasteiger charge is -2.35. The second-order valence-electron chi connectivity index (χ2n) is 9.44. The van der Waals surface area contributed by atoms with Gasteiger partial charge in [0.2, 0.25) is 11.5 Å². The van der Waals surface area contributed by atoms with Crippen molar-refractivity contribution in [2.45, 2.75) is 56.6 Å². The number of nitrogens with one attached hydrogen (secondary N) is 2. The van der Waals surface area contributed by atoms with E-state index in [-0.39, 0.29) is 41.0 Å². The van der Waals surface area contributed by atoms with Gasteiger partial charge in [0, 0.05) is 18.3 Å². The van der Waals surface area contributed by atoms with E-state index in [1.165, 1.54) is 11.8 Å². The van der Waals surface area contributed by atoms with E-state index in [2.05, 4.69) is 15.1 Å². The Balaban J connectivity index is 1.34. The molecule has 0 aromatic carbocycles. The van der Waals surface area contributed by atoms with Crippen molar-refractivity contribution in [2.75, 3.05) is 13.1 Å². The topological polar surface area (TPSA) is 154 Å². The molecule has 1 saturated heterocycles. The molecule has 3 unspecified atom stereocenters. The van der Waals surface area contributed by atoms with E-state index in [1.54, 1.807) is 16.8 Å². The van der Waals surface area contributed by atoms with Crippen LogP contribution in [0.1, 0.15) is 49.9 Å². The maximum atomic E-state index is 13.2. The molecule has 3 atom stereocenters. The van der Waals surface area contributed by atoms with E-state index in [0.717, 1.165) is 12.8 Å². The van der Waals surface area contributed by atoms with E-state index >= 15 is 0 Å². The van der Waals surface area contributed by atoms with Crippen LogP contribution in [0.15, 0.2) is 27.0 Å². The van der Waals surface area contributed by atoms with Crippen LogP contribution in [0.2, 0.25) is 0 Å². The zero-order chi connectivity index (χ0) is 25.0. The molecule has 2 aliphatic heterocycles. The Morgan fingerprint density at radius 1 is 1.25 bits per heavy atom. The van der Waals surface area contributed by atoms with Gasteiger partial charge >= 0.3 is 5.69 Å². The van der Waals surface area contributed by atoms with E-state index in [9.17, 15) is 14.7 Å². The third-order valence-electron chi connectivity index (χ3n) is 6.27. The van der Waals surface area contributed by atoms with Crippen LogP contribution in [0.25, 0.3) is 11.7 Å². The molecule has 0 radical (unpaired) electrons. The molecule has 1 amide bonds. The first-order valence-corrected chi connectivity index (χ1v) is 12.9. The molecule has 0 spiro atoms. The number of ether oxygens (including phenoxy) is 1. The average molecular weight is 511 g/mol. The Morgan fingerprint density at radius 2 is 2.03 bits per heavy atom. The van der Waals surface area contributed by atoms with Crippen LogP contribution >= 0.6 is 11.8 Å². The maximum Gasteiger partial charge on any atom is 0.326 e. The summed E-state index contributed by atoms with van der Waals surface area (Å²) in [6, 6.07) is 0.217. The number of aromatic nitrogens is 6. The predicted octanol–water partition coefficient (Wildman–Crippen LogP) is 0.155. The third kappa shape index (κ3) is 4.44. The third-order valence-corrected chi connectivity index (χ3v) is 7.55. The quantitative estimate of drug-likeness (QED) is 0.448. The molecule has 3 aromatic heterocycles. The van der Waals surface area contributed by atoms with Crippen molar-refractivity contribution in [3.05, 3.63) is 50.0 Å². The van der Waals surface area contributed by atoms with Crippen molar-refractivity contribution in [3.8, 4) is 5.88 Å². The minimum Gasteiger partial charge on any atom is -0.493 e. The van der Waals surface area contributed by atoms with Gasteiger partial charge in [0.1, 0.15) is 11.5 Å². The van der Waals surface area contributed by atoms with Crippen LogP contribution in [-0.2, 0) is 9.53 Å². The number of thioether (sulfide) groups is 1.